The Morgan fingerprint density at radius 1 is 1.25 bits per heavy atom. The monoisotopic (exact) mass is 322 g/mol. The van der Waals surface area contributed by atoms with Crippen molar-refractivity contribution in [3.05, 3.63) is 48.0 Å². The number of nitriles is 1. The summed E-state index contributed by atoms with van der Waals surface area (Å²) in [5.41, 5.74) is 0.560. The van der Waals surface area contributed by atoms with Gasteiger partial charge < -0.3 is 14.2 Å². The molecule has 2 atom stereocenters. The third-order valence-corrected chi connectivity index (χ3v) is 4.81. The van der Waals surface area contributed by atoms with Crippen molar-refractivity contribution < 1.29 is 9.21 Å². The molecule has 0 N–H and O–H groups in total. The van der Waals surface area contributed by atoms with Crippen molar-refractivity contribution in [2.45, 2.75) is 12.3 Å². The Labute approximate surface area is 140 Å². The van der Waals surface area contributed by atoms with Crippen molar-refractivity contribution in [3.63, 3.8) is 0 Å². The third kappa shape index (κ3) is 2.73. The van der Waals surface area contributed by atoms with Gasteiger partial charge in [-0.3, -0.25) is 4.79 Å². The van der Waals surface area contributed by atoms with E-state index in [0.29, 0.717) is 18.7 Å². The van der Waals surface area contributed by atoms with E-state index < -0.39 is 0 Å². The van der Waals surface area contributed by atoms with Gasteiger partial charge in [0.2, 0.25) is 5.91 Å². The summed E-state index contributed by atoms with van der Waals surface area (Å²) >= 11 is 0. The zero-order valence-electron chi connectivity index (χ0n) is 13.3. The number of hydrogen-bond donors (Lipinski definition) is 0. The number of carbonyl (C=O) groups is 1. The van der Waals surface area contributed by atoms with Crippen LogP contribution in [0.4, 0.5) is 5.82 Å². The third-order valence-electron chi connectivity index (χ3n) is 4.81. The molecule has 1 amide bonds. The second kappa shape index (κ2) is 6.00. The maximum atomic E-state index is 12.6. The van der Waals surface area contributed by atoms with Crippen LogP contribution < -0.4 is 4.90 Å². The van der Waals surface area contributed by atoms with E-state index in [0.717, 1.165) is 31.1 Å². The lowest BCUT2D eigenvalue weighted by Gasteiger charge is -2.35. The predicted molar refractivity (Wildman–Crippen MR) is 87.3 cm³/mol. The Hall–Kier alpha value is -2.81. The summed E-state index contributed by atoms with van der Waals surface area (Å²) in [6, 6.07) is 9.54. The zero-order chi connectivity index (χ0) is 16.5. The van der Waals surface area contributed by atoms with Gasteiger partial charge in [0.1, 0.15) is 17.6 Å². The summed E-state index contributed by atoms with van der Waals surface area (Å²) in [6.07, 6.45) is 4.15. The van der Waals surface area contributed by atoms with Crippen molar-refractivity contribution in [1.82, 2.24) is 9.88 Å². The van der Waals surface area contributed by atoms with Crippen molar-refractivity contribution in [1.29, 1.82) is 5.26 Å². The summed E-state index contributed by atoms with van der Waals surface area (Å²) in [6.45, 7) is 2.95. The summed E-state index contributed by atoms with van der Waals surface area (Å²) in [7, 11) is 0. The van der Waals surface area contributed by atoms with E-state index in [-0.39, 0.29) is 17.7 Å². The molecule has 3 heterocycles. The van der Waals surface area contributed by atoms with Crippen molar-refractivity contribution >= 4 is 11.7 Å². The fourth-order valence-corrected chi connectivity index (χ4v) is 3.31. The van der Waals surface area contributed by atoms with Crippen LogP contribution in [0.2, 0.25) is 0 Å². The highest BCUT2D eigenvalue weighted by atomic mass is 16.3. The average Bonchev–Trinajstić information content (AvgIpc) is 3.26. The normalized spacial score (nSPS) is 23.0. The van der Waals surface area contributed by atoms with Crippen LogP contribution in [0, 0.1) is 17.2 Å². The van der Waals surface area contributed by atoms with Crippen molar-refractivity contribution in [2.24, 2.45) is 5.92 Å². The molecule has 24 heavy (non-hydrogen) atoms. The number of rotatable bonds is 3. The lowest BCUT2D eigenvalue weighted by molar-refractivity contribution is -0.133. The Kier molecular flexibility index (Phi) is 3.69. The van der Waals surface area contributed by atoms with Gasteiger partial charge in [-0.25, -0.2) is 4.98 Å². The largest absolute Gasteiger partial charge is 0.469 e. The molecule has 0 spiro atoms. The fraction of sp³-hybridized carbons (Fsp3) is 0.389. The molecule has 2 aliphatic rings. The first-order chi connectivity index (χ1) is 11.8. The summed E-state index contributed by atoms with van der Waals surface area (Å²) in [5.74, 6) is 2.36. The minimum Gasteiger partial charge on any atom is -0.469 e. The molecule has 1 aliphatic carbocycles. The van der Waals surface area contributed by atoms with Gasteiger partial charge in [0.15, 0.2) is 0 Å². The molecule has 1 saturated heterocycles. The van der Waals surface area contributed by atoms with E-state index >= 15 is 0 Å². The summed E-state index contributed by atoms with van der Waals surface area (Å²) in [4.78, 5) is 21.0. The van der Waals surface area contributed by atoms with E-state index in [2.05, 4.69) is 16.0 Å². The van der Waals surface area contributed by atoms with E-state index in [4.69, 9.17) is 9.68 Å². The van der Waals surface area contributed by atoms with Crippen molar-refractivity contribution in [2.75, 3.05) is 31.1 Å². The van der Waals surface area contributed by atoms with E-state index in [1.165, 1.54) is 0 Å². The molecule has 1 saturated carbocycles. The number of carbonyl (C=O) groups excluding carboxylic acids is 1. The van der Waals surface area contributed by atoms with Gasteiger partial charge in [0, 0.05) is 44.2 Å². The minimum atomic E-state index is 0.0794. The van der Waals surface area contributed by atoms with Gasteiger partial charge in [-0.15, -0.1) is 0 Å². The standard InChI is InChI=1S/C18H18N4O2/c19-11-13-3-4-17(20-12-13)21-5-7-22(8-6-21)18(23)15-10-14(15)16-2-1-9-24-16/h1-4,9,12,14-15H,5-8,10H2/t14-,15+/m1/s1. The molecule has 0 aromatic carbocycles. The number of hydrogen-bond acceptors (Lipinski definition) is 5. The van der Waals surface area contributed by atoms with Gasteiger partial charge in [-0.05, 0) is 30.7 Å². The van der Waals surface area contributed by atoms with Crippen LogP contribution in [0.3, 0.4) is 0 Å². The highest BCUT2D eigenvalue weighted by Gasteiger charge is 2.47. The molecule has 0 bridgehead atoms. The van der Waals surface area contributed by atoms with Crippen LogP contribution in [-0.4, -0.2) is 42.0 Å². The Morgan fingerprint density at radius 2 is 2.08 bits per heavy atom. The Balaban J connectivity index is 1.33. The molecule has 6 heteroatoms. The maximum Gasteiger partial charge on any atom is 0.226 e. The first-order valence-corrected chi connectivity index (χ1v) is 8.19. The average molecular weight is 322 g/mol. The summed E-state index contributed by atoms with van der Waals surface area (Å²) in [5, 5.41) is 8.83. The van der Waals surface area contributed by atoms with E-state index in [1.807, 2.05) is 23.1 Å². The number of aromatic nitrogens is 1. The van der Waals surface area contributed by atoms with Crippen LogP contribution in [0.5, 0.6) is 0 Å². The fourth-order valence-electron chi connectivity index (χ4n) is 3.31. The first kappa shape index (κ1) is 14.8. The predicted octanol–water partition coefficient (Wildman–Crippen LogP) is 2.00. The Bertz CT molecular complexity index is 755. The Morgan fingerprint density at radius 3 is 2.71 bits per heavy atom. The molecule has 2 aromatic heterocycles. The van der Waals surface area contributed by atoms with Gasteiger partial charge in [-0.2, -0.15) is 5.26 Å². The lowest BCUT2D eigenvalue weighted by Crippen LogP contribution is -2.49. The highest BCUT2D eigenvalue weighted by molar-refractivity contribution is 5.83. The molecule has 122 valence electrons. The molecule has 0 unspecified atom stereocenters. The number of nitrogens with zero attached hydrogens (tertiary/aromatic N) is 4. The zero-order valence-corrected chi connectivity index (χ0v) is 13.3. The summed E-state index contributed by atoms with van der Waals surface area (Å²) < 4.78 is 5.41. The molecule has 2 fully saturated rings. The van der Waals surface area contributed by atoms with Gasteiger partial charge in [-0.1, -0.05) is 0 Å². The second-order valence-electron chi connectivity index (χ2n) is 6.29. The topological polar surface area (TPSA) is 73.4 Å². The van der Waals surface area contributed by atoms with Gasteiger partial charge in [0.25, 0.3) is 0 Å². The van der Waals surface area contributed by atoms with Crippen molar-refractivity contribution in [3.8, 4) is 6.07 Å². The second-order valence-corrected chi connectivity index (χ2v) is 6.29. The van der Waals surface area contributed by atoms with Gasteiger partial charge in [0.05, 0.1) is 11.8 Å². The number of amides is 1. The highest BCUT2D eigenvalue weighted by Crippen LogP contribution is 2.48. The number of piperazine rings is 1. The van der Waals surface area contributed by atoms with E-state index in [1.54, 1.807) is 18.5 Å². The molecular formula is C18H18N4O2. The van der Waals surface area contributed by atoms with Crippen LogP contribution in [0.25, 0.3) is 0 Å². The molecule has 4 rings (SSSR count). The molecular weight excluding hydrogens is 304 g/mol. The van der Waals surface area contributed by atoms with E-state index in [9.17, 15) is 4.79 Å². The molecule has 6 nitrogen and oxygen atoms in total. The van der Waals surface area contributed by atoms with Crippen LogP contribution in [-0.2, 0) is 4.79 Å². The number of furan rings is 1. The quantitative estimate of drug-likeness (QED) is 0.864. The number of anilines is 1. The first-order valence-electron chi connectivity index (χ1n) is 8.19. The minimum absolute atomic E-state index is 0.0794. The molecule has 0 radical (unpaired) electrons. The van der Waals surface area contributed by atoms with Crippen LogP contribution >= 0.6 is 0 Å². The van der Waals surface area contributed by atoms with Crippen LogP contribution in [0.15, 0.2) is 41.1 Å². The lowest BCUT2D eigenvalue weighted by atomic mass is 10.2. The molecule has 2 aromatic rings. The molecule has 1 aliphatic heterocycles. The SMILES string of the molecule is N#Cc1ccc(N2CCN(C(=O)[C@H]3C[C@H]3c3ccco3)CC2)nc1. The maximum absolute atomic E-state index is 12.6. The van der Waals surface area contributed by atoms with Gasteiger partial charge >= 0.3 is 0 Å². The number of pyridine rings is 1. The smallest absolute Gasteiger partial charge is 0.226 e. The van der Waals surface area contributed by atoms with Crippen LogP contribution in [0.1, 0.15) is 23.7 Å².